The molecule has 4 N–H and O–H groups in total. The van der Waals surface area contributed by atoms with Crippen molar-refractivity contribution in [2.75, 3.05) is 19.4 Å². The summed E-state index contributed by atoms with van der Waals surface area (Å²) in [6, 6.07) is 5.43. The van der Waals surface area contributed by atoms with Gasteiger partial charge >= 0.3 is 6.03 Å². The summed E-state index contributed by atoms with van der Waals surface area (Å²) in [5.41, 5.74) is 2.91. The van der Waals surface area contributed by atoms with Crippen molar-refractivity contribution >= 4 is 23.8 Å². The molecule has 0 saturated heterocycles. The number of isocyanates is 1. The normalized spacial score (nSPS) is 8.40. The number of aliphatic imine (C=N–C) groups is 1. The third-order valence-corrected chi connectivity index (χ3v) is 2.29. The number of benzene rings is 1. The second-order valence-electron chi connectivity index (χ2n) is 3.79. The van der Waals surface area contributed by atoms with Gasteiger partial charge in [-0.3, -0.25) is 10.7 Å². The summed E-state index contributed by atoms with van der Waals surface area (Å²) >= 11 is 0. The molecule has 0 aliphatic carbocycles. The van der Waals surface area contributed by atoms with Gasteiger partial charge in [-0.05, 0) is 25.0 Å². The largest absolute Gasteiger partial charge is 0.341 e. The molecule has 7 nitrogen and oxygen atoms in total. The Hall–Kier alpha value is -2.66. The highest BCUT2D eigenvalue weighted by molar-refractivity contribution is 6.02. The van der Waals surface area contributed by atoms with Crippen LogP contribution in [0.4, 0.5) is 10.5 Å². The molecule has 0 atom stereocenters. The van der Waals surface area contributed by atoms with Crippen molar-refractivity contribution in [3.63, 3.8) is 0 Å². The van der Waals surface area contributed by atoms with Gasteiger partial charge in [-0.2, -0.15) is 0 Å². The van der Waals surface area contributed by atoms with Crippen LogP contribution in [0.2, 0.25) is 0 Å². The van der Waals surface area contributed by atoms with Crippen molar-refractivity contribution in [1.82, 2.24) is 10.6 Å². The smallest absolute Gasteiger partial charge is 0.321 e. The van der Waals surface area contributed by atoms with E-state index in [2.05, 4.69) is 20.9 Å². The van der Waals surface area contributed by atoms with E-state index in [1.165, 1.54) is 20.2 Å². The van der Waals surface area contributed by atoms with Crippen molar-refractivity contribution in [1.29, 1.82) is 5.41 Å². The Balaban J connectivity index is 0.000000796. The van der Waals surface area contributed by atoms with Gasteiger partial charge < -0.3 is 10.6 Å². The average molecular weight is 277 g/mol. The van der Waals surface area contributed by atoms with Crippen molar-refractivity contribution in [3.8, 4) is 0 Å². The predicted molar refractivity (Wildman–Crippen MR) is 78.9 cm³/mol. The maximum absolute atomic E-state index is 11.0. The summed E-state index contributed by atoms with van der Waals surface area (Å²) in [4.78, 5) is 22.8. The SMILES string of the molecule is CN=C=O.CNC(=O)NC(=N)Nc1c(C)cccc1C. The van der Waals surface area contributed by atoms with E-state index in [0.717, 1.165) is 16.8 Å². The number of amides is 2. The third kappa shape index (κ3) is 6.32. The van der Waals surface area contributed by atoms with Gasteiger partial charge in [0, 0.05) is 19.8 Å². The van der Waals surface area contributed by atoms with Crippen LogP contribution in [0.15, 0.2) is 23.2 Å². The molecule has 0 aliphatic rings. The molecule has 0 saturated carbocycles. The summed E-state index contributed by atoms with van der Waals surface area (Å²) in [7, 11) is 2.88. The molecule has 0 bridgehead atoms. The van der Waals surface area contributed by atoms with E-state index in [1.54, 1.807) is 0 Å². The zero-order chi connectivity index (χ0) is 15.5. The highest BCUT2D eigenvalue weighted by atomic mass is 16.2. The number of hydrogen-bond donors (Lipinski definition) is 4. The first-order chi connectivity index (χ1) is 9.46. The zero-order valence-electron chi connectivity index (χ0n) is 12.0. The monoisotopic (exact) mass is 277 g/mol. The molecule has 0 fully saturated rings. The standard InChI is InChI=1S/C11H16N4O.C2H3NO/c1-7-5-4-6-8(2)9(7)14-10(12)15-11(16)13-3;1-3-2-4/h4-6H,1-3H3,(H4,12,13,14,15,16);1H3. The van der Waals surface area contributed by atoms with Gasteiger partial charge in [0.15, 0.2) is 0 Å². The quantitative estimate of drug-likeness (QED) is 0.355. The van der Waals surface area contributed by atoms with E-state index in [1.807, 2.05) is 32.0 Å². The van der Waals surface area contributed by atoms with Crippen molar-refractivity contribution < 1.29 is 9.59 Å². The second kappa shape index (κ2) is 9.29. The Morgan fingerprint density at radius 3 is 2.20 bits per heavy atom. The Kier molecular flexibility index (Phi) is 8.06. The summed E-state index contributed by atoms with van der Waals surface area (Å²) < 4.78 is 0. The fraction of sp³-hybridized carbons (Fsp3) is 0.308. The van der Waals surface area contributed by atoms with E-state index in [4.69, 9.17) is 10.2 Å². The Morgan fingerprint density at radius 1 is 1.30 bits per heavy atom. The lowest BCUT2D eigenvalue weighted by Gasteiger charge is -2.13. The van der Waals surface area contributed by atoms with Gasteiger partial charge in [-0.25, -0.2) is 14.6 Å². The third-order valence-electron chi connectivity index (χ3n) is 2.29. The molecule has 0 heterocycles. The fourth-order valence-corrected chi connectivity index (χ4v) is 1.34. The summed E-state index contributed by atoms with van der Waals surface area (Å²) in [6.07, 6.45) is 1.31. The first-order valence-corrected chi connectivity index (χ1v) is 5.82. The van der Waals surface area contributed by atoms with Gasteiger partial charge in [0.1, 0.15) is 0 Å². The number of para-hydroxylation sites is 1. The number of nitrogens with zero attached hydrogens (tertiary/aromatic N) is 1. The van der Waals surface area contributed by atoms with Gasteiger partial charge in [0.25, 0.3) is 0 Å². The summed E-state index contributed by atoms with van der Waals surface area (Å²) in [5, 5.41) is 15.2. The Labute approximate surface area is 118 Å². The number of hydrogen-bond acceptors (Lipinski definition) is 4. The minimum absolute atomic E-state index is 0.0447. The summed E-state index contributed by atoms with van der Waals surface area (Å²) in [5.74, 6) is -0.0447. The van der Waals surface area contributed by atoms with Crippen LogP contribution in [0.25, 0.3) is 0 Å². The molecule has 0 aliphatic heterocycles. The zero-order valence-corrected chi connectivity index (χ0v) is 12.0. The molecule has 20 heavy (non-hydrogen) atoms. The highest BCUT2D eigenvalue weighted by Gasteiger charge is 2.06. The first-order valence-electron chi connectivity index (χ1n) is 5.82. The van der Waals surface area contributed by atoms with Crippen LogP contribution < -0.4 is 16.0 Å². The molecule has 1 aromatic rings. The number of nitrogens with one attached hydrogen (secondary N) is 4. The number of anilines is 1. The maximum atomic E-state index is 11.0. The second-order valence-corrected chi connectivity index (χ2v) is 3.79. The van der Waals surface area contributed by atoms with E-state index < -0.39 is 6.03 Å². The van der Waals surface area contributed by atoms with Crippen molar-refractivity contribution in [2.45, 2.75) is 13.8 Å². The molecule has 0 unspecified atom stereocenters. The predicted octanol–water partition coefficient (Wildman–Crippen LogP) is 1.53. The molecule has 108 valence electrons. The van der Waals surface area contributed by atoms with E-state index in [-0.39, 0.29) is 5.96 Å². The van der Waals surface area contributed by atoms with Crippen LogP contribution in [-0.2, 0) is 4.79 Å². The fourth-order valence-electron chi connectivity index (χ4n) is 1.34. The average Bonchev–Trinajstić information content (AvgIpc) is 2.43. The highest BCUT2D eigenvalue weighted by Crippen LogP contribution is 2.18. The van der Waals surface area contributed by atoms with Crippen LogP contribution in [0.5, 0.6) is 0 Å². The van der Waals surface area contributed by atoms with E-state index in [0.29, 0.717) is 0 Å². The van der Waals surface area contributed by atoms with Crippen molar-refractivity contribution in [2.24, 2.45) is 4.99 Å². The van der Waals surface area contributed by atoms with Gasteiger partial charge in [0.05, 0.1) is 0 Å². The maximum Gasteiger partial charge on any atom is 0.321 e. The van der Waals surface area contributed by atoms with Crippen LogP contribution in [0, 0.1) is 19.3 Å². The molecular formula is C13H19N5O2. The molecule has 7 heteroatoms. The van der Waals surface area contributed by atoms with Crippen LogP contribution in [-0.4, -0.2) is 32.2 Å². The minimum Gasteiger partial charge on any atom is -0.341 e. The molecule has 1 rings (SSSR count). The molecule has 0 aromatic heterocycles. The Bertz CT molecular complexity index is 501. The summed E-state index contributed by atoms with van der Waals surface area (Å²) in [6.45, 7) is 3.89. The molecule has 0 spiro atoms. The molecule has 0 radical (unpaired) electrons. The Morgan fingerprint density at radius 2 is 1.80 bits per heavy atom. The van der Waals surface area contributed by atoms with E-state index >= 15 is 0 Å². The van der Waals surface area contributed by atoms with Gasteiger partial charge in [-0.1, -0.05) is 18.2 Å². The topological polar surface area (TPSA) is 106 Å². The van der Waals surface area contributed by atoms with E-state index in [9.17, 15) is 4.79 Å². The number of carbonyl (C=O) groups excluding carboxylic acids is 2. The van der Waals surface area contributed by atoms with Gasteiger partial charge in [-0.15, -0.1) is 0 Å². The lowest BCUT2D eigenvalue weighted by Crippen LogP contribution is -2.40. The lowest BCUT2D eigenvalue weighted by atomic mass is 10.1. The number of guanidine groups is 1. The van der Waals surface area contributed by atoms with Crippen molar-refractivity contribution in [3.05, 3.63) is 29.3 Å². The molecular weight excluding hydrogens is 258 g/mol. The number of carbonyl (C=O) groups is 1. The minimum atomic E-state index is -0.413. The number of aryl methyl sites for hydroxylation is 2. The first kappa shape index (κ1) is 17.3. The van der Waals surface area contributed by atoms with Gasteiger partial charge in [0.2, 0.25) is 12.0 Å². The molecule has 1 aromatic carbocycles. The number of rotatable bonds is 1. The lowest BCUT2D eigenvalue weighted by molar-refractivity contribution is 0.247. The molecule has 2 amide bonds. The van der Waals surface area contributed by atoms with Crippen LogP contribution in [0.1, 0.15) is 11.1 Å². The van der Waals surface area contributed by atoms with Crippen LogP contribution >= 0.6 is 0 Å². The van der Waals surface area contributed by atoms with Crippen LogP contribution in [0.3, 0.4) is 0 Å². The number of urea groups is 1.